The summed E-state index contributed by atoms with van der Waals surface area (Å²) < 4.78 is 10.7. The molecule has 112 valence electrons. The van der Waals surface area contributed by atoms with Gasteiger partial charge >= 0.3 is 0 Å². The van der Waals surface area contributed by atoms with Gasteiger partial charge in [0, 0.05) is 22.0 Å². The van der Waals surface area contributed by atoms with Crippen molar-refractivity contribution >= 4 is 27.5 Å². The first-order valence-corrected chi connectivity index (χ1v) is 7.78. The van der Waals surface area contributed by atoms with Gasteiger partial charge in [0.2, 0.25) is 5.78 Å². The highest BCUT2D eigenvalue weighted by atomic mass is 79.9. The van der Waals surface area contributed by atoms with Gasteiger partial charge in [-0.2, -0.15) is 0 Å². The second kappa shape index (κ2) is 5.57. The highest BCUT2D eigenvalue weighted by Gasteiger charge is 2.35. The van der Waals surface area contributed by atoms with Crippen LogP contribution in [-0.4, -0.2) is 25.8 Å². The fraction of sp³-hybridized carbons (Fsp3) is 0.176. The third kappa shape index (κ3) is 1.96. The van der Waals surface area contributed by atoms with E-state index in [2.05, 4.69) is 15.9 Å². The van der Waals surface area contributed by atoms with Crippen LogP contribution in [0.1, 0.15) is 37.4 Å². The van der Waals surface area contributed by atoms with E-state index >= 15 is 0 Å². The van der Waals surface area contributed by atoms with Crippen molar-refractivity contribution in [2.75, 3.05) is 14.2 Å². The van der Waals surface area contributed by atoms with Crippen molar-refractivity contribution in [1.29, 1.82) is 0 Å². The second-order valence-electron chi connectivity index (χ2n) is 4.86. The number of ketones is 2. The zero-order valence-corrected chi connectivity index (χ0v) is 13.7. The van der Waals surface area contributed by atoms with Crippen LogP contribution in [0.5, 0.6) is 11.5 Å². The largest absolute Gasteiger partial charge is 0.496 e. The van der Waals surface area contributed by atoms with Gasteiger partial charge in [0.1, 0.15) is 11.5 Å². The van der Waals surface area contributed by atoms with Gasteiger partial charge in [-0.05, 0) is 12.1 Å². The Morgan fingerprint density at radius 2 is 1.64 bits per heavy atom. The van der Waals surface area contributed by atoms with Crippen molar-refractivity contribution in [3.63, 3.8) is 0 Å². The summed E-state index contributed by atoms with van der Waals surface area (Å²) in [6.07, 6.45) is 0. The lowest BCUT2D eigenvalue weighted by Crippen LogP contribution is -2.23. The van der Waals surface area contributed by atoms with Crippen LogP contribution in [-0.2, 0) is 5.33 Å². The molecule has 3 rings (SSSR count). The molecule has 0 saturated heterocycles. The molecule has 0 saturated carbocycles. The molecule has 0 unspecified atom stereocenters. The summed E-state index contributed by atoms with van der Waals surface area (Å²) in [6, 6.07) is 8.50. The van der Waals surface area contributed by atoms with Crippen LogP contribution in [0, 0.1) is 0 Å². The summed E-state index contributed by atoms with van der Waals surface area (Å²) in [5.74, 6) is 0.390. The van der Waals surface area contributed by atoms with E-state index in [0.29, 0.717) is 39.1 Å². The molecule has 0 spiro atoms. The van der Waals surface area contributed by atoms with Crippen molar-refractivity contribution < 1.29 is 19.1 Å². The van der Waals surface area contributed by atoms with Crippen LogP contribution >= 0.6 is 15.9 Å². The Hall–Kier alpha value is -2.14. The SMILES string of the molecule is COc1cccc2c1C(=O)c1c(ccc(CBr)c1OC)C2=O. The number of hydrogen-bond acceptors (Lipinski definition) is 4. The maximum absolute atomic E-state index is 13.0. The number of fused-ring (bicyclic) bond motifs is 2. The Balaban J connectivity index is 2.35. The molecule has 0 fully saturated rings. The minimum Gasteiger partial charge on any atom is -0.496 e. The monoisotopic (exact) mass is 360 g/mol. The number of ether oxygens (including phenoxy) is 2. The third-order valence-corrected chi connectivity index (χ3v) is 4.38. The van der Waals surface area contributed by atoms with Crippen LogP contribution < -0.4 is 9.47 Å². The van der Waals surface area contributed by atoms with Crippen molar-refractivity contribution in [3.05, 3.63) is 58.1 Å². The molecular formula is C17H13BrO4. The Morgan fingerprint density at radius 3 is 2.27 bits per heavy atom. The molecule has 4 nitrogen and oxygen atoms in total. The zero-order chi connectivity index (χ0) is 15.9. The number of methoxy groups -OCH3 is 2. The molecule has 0 aliphatic heterocycles. The van der Waals surface area contributed by atoms with E-state index in [9.17, 15) is 9.59 Å². The fourth-order valence-electron chi connectivity index (χ4n) is 2.77. The average Bonchev–Trinajstić information content (AvgIpc) is 2.57. The molecule has 0 bridgehead atoms. The maximum Gasteiger partial charge on any atom is 0.201 e. The Kier molecular flexibility index (Phi) is 3.74. The van der Waals surface area contributed by atoms with Crippen LogP contribution in [0.15, 0.2) is 30.3 Å². The predicted octanol–water partition coefficient (Wildman–Crippen LogP) is 3.37. The van der Waals surface area contributed by atoms with Crippen molar-refractivity contribution in [3.8, 4) is 11.5 Å². The minimum atomic E-state index is -0.248. The van der Waals surface area contributed by atoms with Gasteiger partial charge in [-0.15, -0.1) is 0 Å². The molecule has 1 aliphatic carbocycles. The molecular weight excluding hydrogens is 348 g/mol. The van der Waals surface area contributed by atoms with Crippen molar-refractivity contribution in [2.24, 2.45) is 0 Å². The lowest BCUT2D eigenvalue weighted by atomic mass is 9.82. The number of carbonyl (C=O) groups excluding carboxylic acids is 2. The highest BCUT2D eigenvalue weighted by molar-refractivity contribution is 9.08. The maximum atomic E-state index is 13.0. The topological polar surface area (TPSA) is 52.6 Å². The van der Waals surface area contributed by atoms with Crippen molar-refractivity contribution in [1.82, 2.24) is 0 Å². The molecule has 2 aromatic carbocycles. The normalized spacial score (nSPS) is 12.7. The van der Waals surface area contributed by atoms with E-state index in [0.717, 1.165) is 5.56 Å². The van der Waals surface area contributed by atoms with E-state index < -0.39 is 0 Å². The molecule has 0 N–H and O–H groups in total. The van der Waals surface area contributed by atoms with Gasteiger partial charge in [-0.3, -0.25) is 9.59 Å². The Morgan fingerprint density at radius 1 is 0.909 bits per heavy atom. The summed E-state index contributed by atoms with van der Waals surface area (Å²) in [5, 5.41) is 0.531. The first-order valence-electron chi connectivity index (χ1n) is 6.66. The zero-order valence-electron chi connectivity index (χ0n) is 12.1. The number of alkyl halides is 1. The quantitative estimate of drug-likeness (QED) is 0.672. The summed E-state index contributed by atoms with van der Waals surface area (Å²) in [7, 11) is 2.98. The predicted molar refractivity (Wildman–Crippen MR) is 85.5 cm³/mol. The number of hydrogen-bond donors (Lipinski definition) is 0. The smallest absolute Gasteiger partial charge is 0.201 e. The molecule has 0 heterocycles. The van der Waals surface area contributed by atoms with Gasteiger partial charge in [0.25, 0.3) is 0 Å². The van der Waals surface area contributed by atoms with Crippen molar-refractivity contribution in [2.45, 2.75) is 5.33 Å². The minimum absolute atomic E-state index is 0.192. The lowest BCUT2D eigenvalue weighted by molar-refractivity contribution is 0.0974. The van der Waals surface area contributed by atoms with Gasteiger partial charge in [-0.1, -0.05) is 34.1 Å². The summed E-state index contributed by atoms with van der Waals surface area (Å²) in [5.41, 5.74) is 2.16. The van der Waals surface area contributed by atoms with E-state index in [1.165, 1.54) is 14.2 Å². The third-order valence-electron chi connectivity index (χ3n) is 3.78. The van der Waals surface area contributed by atoms with Gasteiger partial charge in [0.15, 0.2) is 5.78 Å². The standard InChI is InChI=1S/C17H13BrO4/c1-21-12-5-3-4-10-13(12)16(20)14-11(15(10)19)7-6-9(8-18)17(14)22-2/h3-7H,8H2,1-2H3. The highest BCUT2D eigenvalue weighted by Crippen LogP contribution is 2.39. The van der Waals surface area contributed by atoms with Gasteiger partial charge < -0.3 is 9.47 Å². The fourth-order valence-corrected chi connectivity index (χ4v) is 3.22. The number of halogens is 1. The van der Waals surface area contributed by atoms with Crippen LogP contribution in [0.3, 0.4) is 0 Å². The van der Waals surface area contributed by atoms with Crippen LogP contribution in [0.25, 0.3) is 0 Å². The molecule has 0 atom stereocenters. The summed E-state index contributed by atoms with van der Waals surface area (Å²) in [6.45, 7) is 0. The number of rotatable bonds is 3. The number of carbonyl (C=O) groups is 2. The summed E-state index contributed by atoms with van der Waals surface area (Å²) in [4.78, 5) is 25.7. The molecule has 5 heteroatoms. The van der Waals surface area contributed by atoms with Crippen LogP contribution in [0.2, 0.25) is 0 Å². The Labute approximate surface area is 136 Å². The first-order chi connectivity index (χ1) is 10.6. The second-order valence-corrected chi connectivity index (χ2v) is 5.42. The van der Waals surface area contributed by atoms with Gasteiger partial charge in [0.05, 0.1) is 25.3 Å². The van der Waals surface area contributed by atoms with E-state index in [1.54, 1.807) is 30.3 Å². The van der Waals surface area contributed by atoms with Crippen LogP contribution in [0.4, 0.5) is 0 Å². The van der Waals surface area contributed by atoms with Gasteiger partial charge in [-0.25, -0.2) is 0 Å². The molecule has 22 heavy (non-hydrogen) atoms. The molecule has 0 amide bonds. The molecule has 1 aliphatic rings. The summed E-state index contributed by atoms with van der Waals surface area (Å²) >= 11 is 3.37. The Bertz CT molecular complexity index is 795. The molecule has 0 aromatic heterocycles. The van der Waals surface area contributed by atoms with E-state index in [1.807, 2.05) is 0 Å². The first kappa shape index (κ1) is 14.8. The van der Waals surface area contributed by atoms with E-state index in [4.69, 9.17) is 9.47 Å². The average molecular weight is 361 g/mol. The lowest BCUT2D eigenvalue weighted by Gasteiger charge is -2.22. The van der Waals surface area contributed by atoms with E-state index in [-0.39, 0.29) is 11.6 Å². The number of benzene rings is 2. The molecule has 2 aromatic rings. The molecule has 0 radical (unpaired) electrons.